The molecule has 0 aromatic heterocycles. The minimum atomic E-state index is -0.629. The molecule has 3 nitrogen and oxygen atoms in total. The third-order valence-electron chi connectivity index (χ3n) is 3.70. The molecule has 2 rings (SSSR count). The SMILES string of the molecule is CNCc1cc(Br)cc(C)c1OCC1(O)CCCC1. The first-order valence-corrected chi connectivity index (χ1v) is 7.62. The highest BCUT2D eigenvalue weighted by atomic mass is 79.9. The first kappa shape index (κ1) is 14.8. The lowest BCUT2D eigenvalue weighted by Gasteiger charge is -2.24. The summed E-state index contributed by atoms with van der Waals surface area (Å²) in [4.78, 5) is 0. The third kappa shape index (κ3) is 3.71. The van der Waals surface area contributed by atoms with E-state index in [1.807, 2.05) is 20.0 Å². The van der Waals surface area contributed by atoms with Crippen molar-refractivity contribution in [1.82, 2.24) is 5.32 Å². The molecule has 0 spiro atoms. The van der Waals surface area contributed by atoms with Gasteiger partial charge in [0.25, 0.3) is 0 Å². The van der Waals surface area contributed by atoms with Crippen LogP contribution in [0.1, 0.15) is 36.8 Å². The fourth-order valence-electron chi connectivity index (χ4n) is 2.71. The Morgan fingerprint density at radius 3 is 2.68 bits per heavy atom. The molecule has 1 aliphatic carbocycles. The largest absolute Gasteiger partial charge is 0.490 e. The molecule has 1 aliphatic rings. The molecule has 0 bridgehead atoms. The van der Waals surface area contributed by atoms with E-state index < -0.39 is 5.60 Å². The van der Waals surface area contributed by atoms with Gasteiger partial charge in [-0.1, -0.05) is 28.8 Å². The van der Waals surface area contributed by atoms with Crippen molar-refractivity contribution >= 4 is 15.9 Å². The summed E-state index contributed by atoms with van der Waals surface area (Å²) < 4.78 is 7.01. The Bertz CT molecular complexity index is 442. The van der Waals surface area contributed by atoms with Crippen LogP contribution in [0.15, 0.2) is 16.6 Å². The molecule has 0 saturated heterocycles. The highest BCUT2D eigenvalue weighted by Crippen LogP contribution is 2.33. The van der Waals surface area contributed by atoms with Gasteiger partial charge in [-0.2, -0.15) is 0 Å². The van der Waals surface area contributed by atoms with Crippen molar-refractivity contribution in [3.63, 3.8) is 0 Å². The van der Waals surface area contributed by atoms with Crippen molar-refractivity contribution in [2.45, 2.75) is 44.8 Å². The molecule has 0 atom stereocenters. The van der Waals surface area contributed by atoms with E-state index in [0.29, 0.717) is 6.61 Å². The molecule has 2 N–H and O–H groups in total. The predicted molar refractivity (Wildman–Crippen MR) is 80.6 cm³/mol. The number of hydrogen-bond acceptors (Lipinski definition) is 3. The molecular formula is C15H22BrNO2. The summed E-state index contributed by atoms with van der Waals surface area (Å²) in [6.45, 7) is 3.19. The number of rotatable bonds is 5. The van der Waals surface area contributed by atoms with Crippen LogP contribution in [0, 0.1) is 6.92 Å². The Hall–Kier alpha value is -0.580. The Labute approximate surface area is 123 Å². The first-order valence-electron chi connectivity index (χ1n) is 6.83. The monoisotopic (exact) mass is 327 g/mol. The lowest BCUT2D eigenvalue weighted by Crippen LogP contribution is -2.32. The zero-order chi connectivity index (χ0) is 13.9. The molecule has 0 amide bonds. The van der Waals surface area contributed by atoms with Gasteiger partial charge < -0.3 is 15.2 Å². The molecule has 0 heterocycles. The maximum atomic E-state index is 10.4. The van der Waals surface area contributed by atoms with Crippen molar-refractivity contribution in [2.24, 2.45) is 0 Å². The first-order chi connectivity index (χ1) is 9.04. The van der Waals surface area contributed by atoms with Crippen molar-refractivity contribution in [1.29, 1.82) is 0 Å². The fraction of sp³-hybridized carbons (Fsp3) is 0.600. The molecule has 1 aromatic carbocycles. The van der Waals surface area contributed by atoms with Crippen LogP contribution in [-0.4, -0.2) is 24.4 Å². The van der Waals surface area contributed by atoms with E-state index in [9.17, 15) is 5.11 Å². The van der Waals surface area contributed by atoms with Crippen LogP contribution in [0.3, 0.4) is 0 Å². The van der Waals surface area contributed by atoms with E-state index in [1.54, 1.807) is 0 Å². The van der Waals surface area contributed by atoms with Gasteiger partial charge in [-0.05, 0) is 44.5 Å². The van der Waals surface area contributed by atoms with E-state index in [-0.39, 0.29) is 0 Å². The van der Waals surface area contributed by atoms with Crippen molar-refractivity contribution < 1.29 is 9.84 Å². The zero-order valence-corrected chi connectivity index (χ0v) is 13.2. The number of aryl methyl sites for hydroxylation is 1. The van der Waals surface area contributed by atoms with Gasteiger partial charge in [-0.25, -0.2) is 0 Å². The summed E-state index contributed by atoms with van der Waals surface area (Å²) in [5, 5.41) is 13.5. The lowest BCUT2D eigenvalue weighted by molar-refractivity contribution is 0.000925. The molecular weight excluding hydrogens is 306 g/mol. The van der Waals surface area contributed by atoms with E-state index in [2.05, 4.69) is 27.3 Å². The molecule has 0 aliphatic heterocycles. The molecule has 106 valence electrons. The van der Waals surface area contributed by atoms with Crippen LogP contribution < -0.4 is 10.1 Å². The molecule has 1 saturated carbocycles. The maximum absolute atomic E-state index is 10.4. The van der Waals surface area contributed by atoms with Crippen LogP contribution in [-0.2, 0) is 6.54 Å². The number of halogens is 1. The normalized spacial score (nSPS) is 17.7. The minimum absolute atomic E-state index is 0.395. The van der Waals surface area contributed by atoms with Crippen molar-refractivity contribution in [3.8, 4) is 5.75 Å². The van der Waals surface area contributed by atoms with Gasteiger partial charge in [0, 0.05) is 16.6 Å². The summed E-state index contributed by atoms with van der Waals surface area (Å²) in [5.74, 6) is 0.901. The average Bonchev–Trinajstić information content (AvgIpc) is 2.75. The van der Waals surface area contributed by atoms with Gasteiger partial charge in [-0.3, -0.25) is 0 Å². The Morgan fingerprint density at radius 2 is 2.05 bits per heavy atom. The molecule has 4 heteroatoms. The summed E-state index contributed by atoms with van der Waals surface area (Å²) in [7, 11) is 1.92. The minimum Gasteiger partial charge on any atom is -0.490 e. The third-order valence-corrected chi connectivity index (χ3v) is 4.16. The lowest BCUT2D eigenvalue weighted by atomic mass is 10.0. The molecule has 0 unspecified atom stereocenters. The van der Waals surface area contributed by atoms with Gasteiger partial charge in [0.05, 0.1) is 5.60 Å². The Morgan fingerprint density at radius 1 is 1.37 bits per heavy atom. The topological polar surface area (TPSA) is 41.5 Å². The molecule has 19 heavy (non-hydrogen) atoms. The summed E-state index contributed by atoms with van der Waals surface area (Å²) in [6.07, 6.45) is 3.90. The van der Waals surface area contributed by atoms with Crippen LogP contribution in [0.4, 0.5) is 0 Å². The summed E-state index contributed by atoms with van der Waals surface area (Å²) in [5.41, 5.74) is 1.59. The van der Waals surface area contributed by atoms with Gasteiger partial charge in [0.2, 0.25) is 0 Å². The van der Waals surface area contributed by atoms with Gasteiger partial charge in [0.15, 0.2) is 0 Å². The summed E-state index contributed by atoms with van der Waals surface area (Å²) in [6, 6.07) is 4.12. The molecule has 1 aromatic rings. The fourth-order valence-corrected chi connectivity index (χ4v) is 3.33. The van der Waals surface area contributed by atoms with Crippen LogP contribution in [0.2, 0.25) is 0 Å². The standard InChI is InChI=1S/C15H22BrNO2/c1-11-7-13(16)8-12(9-17-2)14(11)19-10-15(18)5-3-4-6-15/h7-8,17-18H,3-6,9-10H2,1-2H3. The Kier molecular flexibility index (Phi) is 4.87. The van der Waals surface area contributed by atoms with Gasteiger partial charge in [-0.15, -0.1) is 0 Å². The highest BCUT2D eigenvalue weighted by Gasteiger charge is 2.32. The Balaban J connectivity index is 2.14. The second kappa shape index (κ2) is 6.25. The van der Waals surface area contributed by atoms with E-state index in [1.165, 1.54) is 0 Å². The van der Waals surface area contributed by atoms with E-state index >= 15 is 0 Å². The highest BCUT2D eigenvalue weighted by molar-refractivity contribution is 9.10. The van der Waals surface area contributed by atoms with Gasteiger partial charge >= 0.3 is 0 Å². The van der Waals surface area contributed by atoms with E-state index in [0.717, 1.165) is 53.6 Å². The predicted octanol–water partition coefficient (Wildman–Crippen LogP) is 3.16. The zero-order valence-electron chi connectivity index (χ0n) is 11.6. The van der Waals surface area contributed by atoms with Crippen LogP contribution in [0.25, 0.3) is 0 Å². The van der Waals surface area contributed by atoms with Crippen molar-refractivity contribution in [3.05, 3.63) is 27.7 Å². The number of aliphatic hydroxyl groups is 1. The number of hydrogen-bond donors (Lipinski definition) is 2. The maximum Gasteiger partial charge on any atom is 0.126 e. The second-order valence-corrected chi connectivity index (χ2v) is 6.38. The number of benzene rings is 1. The number of ether oxygens (including phenoxy) is 1. The number of nitrogens with one attached hydrogen (secondary N) is 1. The molecule has 0 radical (unpaired) electrons. The summed E-state index contributed by atoms with van der Waals surface area (Å²) >= 11 is 3.51. The second-order valence-electron chi connectivity index (χ2n) is 5.46. The van der Waals surface area contributed by atoms with Crippen LogP contribution >= 0.6 is 15.9 Å². The molecule has 1 fully saturated rings. The average molecular weight is 328 g/mol. The van der Waals surface area contributed by atoms with E-state index in [4.69, 9.17) is 4.74 Å². The van der Waals surface area contributed by atoms with Crippen LogP contribution in [0.5, 0.6) is 5.75 Å². The van der Waals surface area contributed by atoms with Crippen molar-refractivity contribution in [2.75, 3.05) is 13.7 Å². The smallest absolute Gasteiger partial charge is 0.126 e. The quantitative estimate of drug-likeness (QED) is 0.872. The van der Waals surface area contributed by atoms with Gasteiger partial charge in [0.1, 0.15) is 12.4 Å².